The monoisotopic (exact) mass is 198 g/mol. The number of nitrogens with zero attached hydrogens (tertiary/aromatic N) is 1. The Morgan fingerprint density at radius 2 is 2.38 bits per heavy atom. The second-order valence-corrected chi connectivity index (χ2v) is 3.40. The van der Waals surface area contributed by atoms with Crippen molar-refractivity contribution < 1.29 is 0 Å². The average molecular weight is 199 g/mol. The normalized spacial score (nSPS) is 10.3. The maximum atomic E-state index is 5.93. The number of hydrogen-bond donors (Lipinski definition) is 1. The molecule has 0 aliphatic heterocycles. The number of unbranched alkanes of at least 4 members (excludes halogenated alkanes) is 1. The molecular weight excluding hydrogens is 184 g/mol. The van der Waals surface area contributed by atoms with Gasteiger partial charge in [0.2, 0.25) is 0 Å². The van der Waals surface area contributed by atoms with Gasteiger partial charge in [0.05, 0.1) is 5.02 Å². The summed E-state index contributed by atoms with van der Waals surface area (Å²) in [7, 11) is 0. The molecule has 0 atom stereocenters. The average Bonchev–Trinajstić information content (AvgIpc) is 2.15. The van der Waals surface area contributed by atoms with Crippen molar-refractivity contribution in [2.24, 2.45) is 0 Å². The zero-order chi connectivity index (χ0) is 9.52. The molecule has 13 heavy (non-hydrogen) atoms. The molecular formula is C10H15ClN2. The number of nitrogens with one attached hydrogen (secondary N) is 1. The van der Waals surface area contributed by atoms with Gasteiger partial charge in [-0.25, -0.2) is 0 Å². The lowest BCUT2D eigenvalue weighted by molar-refractivity contribution is 0.641. The molecule has 1 aromatic rings. The number of pyridine rings is 1. The van der Waals surface area contributed by atoms with Gasteiger partial charge in [0, 0.05) is 18.9 Å². The fraction of sp³-hybridized carbons (Fsp3) is 0.500. The first kappa shape index (κ1) is 10.5. The van der Waals surface area contributed by atoms with E-state index in [0.29, 0.717) is 0 Å². The smallest absolute Gasteiger partial charge is 0.0634 e. The van der Waals surface area contributed by atoms with Crippen LogP contribution < -0.4 is 5.32 Å². The Bertz CT molecular complexity index is 250. The van der Waals surface area contributed by atoms with Crippen LogP contribution in [0.2, 0.25) is 5.02 Å². The summed E-state index contributed by atoms with van der Waals surface area (Å²) in [4.78, 5) is 3.93. The Labute approximate surface area is 84.3 Å². The molecule has 72 valence electrons. The van der Waals surface area contributed by atoms with E-state index in [0.717, 1.165) is 23.7 Å². The van der Waals surface area contributed by atoms with Crippen LogP contribution in [0.4, 0.5) is 0 Å². The van der Waals surface area contributed by atoms with Gasteiger partial charge >= 0.3 is 0 Å². The number of aromatic nitrogens is 1. The van der Waals surface area contributed by atoms with Crippen LogP contribution in [0.5, 0.6) is 0 Å². The molecule has 0 amide bonds. The third-order valence-corrected chi connectivity index (χ3v) is 2.22. The molecule has 1 rings (SSSR count). The van der Waals surface area contributed by atoms with E-state index in [1.54, 1.807) is 12.4 Å². The zero-order valence-corrected chi connectivity index (χ0v) is 8.64. The Morgan fingerprint density at radius 1 is 1.54 bits per heavy atom. The van der Waals surface area contributed by atoms with Crippen LogP contribution in [0.1, 0.15) is 25.3 Å². The largest absolute Gasteiger partial charge is 0.313 e. The lowest BCUT2D eigenvalue weighted by Gasteiger charge is -2.04. The van der Waals surface area contributed by atoms with Crippen molar-refractivity contribution in [1.82, 2.24) is 10.3 Å². The highest BCUT2D eigenvalue weighted by atomic mass is 35.5. The van der Waals surface area contributed by atoms with Gasteiger partial charge in [-0.15, -0.1) is 0 Å². The summed E-state index contributed by atoms with van der Waals surface area (Å²) in [6.45, 7) is 4.07. The van der Waals surface area contributed by atoms with Gasteiger partial charge in [0.25, 0.3) is 0 Å². The molecule has 0 saturated heterocycles. The third kappa shape index (κ3) is 3.75. The van der Waals surface area contributed by atoms with E-state index < -0.39 is 0 Å². The van der Waals surface area contributed by atoms with E-state index in [1.807, 2.05) is 6.07 Å². The Balaban J connectivity index is 2.32. The summed E-state index contributed by atoms with van der Waals surface area (Å²) in [5, 5.41) is 4.07. The minimum Gasteiger partial charge on any atom is -0.313 e. The number of rotatable bonds is 5. The summed E-state index contributed by atoms with van der Waals surface area (Å²) < 4.78 is 0. The summed E-state index contributed by atoms with van der Waals surface area (Å²) in [5.41, 5.74) is 1.12. The number of hydrogen-bond acceptors (Lipinski definition) is 2. The van der Waals surface area contributed by atoms with Crippen molar-refractivity contribution in [1.29, 1.82) is 0 Å². The van der Waals surface area contributed by atoms with E-state index in [-0.39, 0.29) is 0 Å². The molecule has 1 N–H and O–H groups in total. The predicted molar refractivity (Wildman–Crippen MR) is 55.9 cm³/mol. The van der Waals surface area contributed by atoms with Gasteiger partial charge in [-0.3, -0.25) is 4.98 Å². The maximum Gasteiger partial charge on any atom is 0.0634 e. The van der Waals surface area contributed by atoms with E-state index in [2.05, 4.69) is 17.2 Å². The topological polar surface area (TPSA) is 24.9 Å². The van der Waals surface area contributed by atoms with Gasteiger partial charge in [0.1, 0.15) is 0 Å². The molecule has 0 spiro atoms. The first-order chi connectivity index (χ1) is 6.34. The van der Waals surface area contributed by atoms with E-state index in [9.17, 15) is 0 Å². The Hall–Kier alpha value is -0.600. The fourth-order valence-corrected chi connectivity index (χ4v) is 1.26. The Kier molecular flexibility index (Phi) is 4.79. The SMILES string of the molecule is CCCCNCc1ccncc1Cl. The second-order valence-electron chi connectivity index (χ2n) is 3.00. The minimum atomic E-state index is 0.742. The molecule has 0 aromatic carbocycles. The lowest BCUT2D eigenvalue weighted by Crippen LogP contribution is -2.14. The van der Waals surface area contributed by atoms with Gasteiger partial charge in [-0.05, 0) is 24.6 Å². The van der Waals surface area contributed by atoms with Gasteiger partial charge < -0.3 is 5.32 Å². The zero-order valence-electron chi connectivity index (χ0n) is 7.89. The molecule has 0 aliphatic carbocycles. The molecule has 0 saturated carbocycles. The predicted octanol–water partition coefficient (Wildman–Crippen LogP) is 2.62. The lowest BCUT2D eigenvalue weighted by atomic mass is 10.2. The molecule has 1 aromatic heterocycles. The fourth-order valence-electron chi connectivity index (χ4n) is 1.07. The van der Waals surface area contributed by atoms with Crippen molar-refractivity contribution in [3.8, 4) is 0 Å². The summed E-state index contributed by atoms with van der Waals surface area (Å²) in [6, 6.07) is 1.95. The van der Waals surface area contributed by atoms with Crippen molar-refractivity contribution in [3.05, 3.63) is 29.0 Å². The van der Waals surface area contributed by atoms with Gasteiger partial charge in [-0.1, -0.05) is 24.9 Å². The minimum absolute atomic E-state index is 0.742. The van der Waals surface area contributed by atoms with E-state index >= 15 is 0 Å². The first-order valence-corrected chi connectivity index (χ1v) is 5.01. The molecule has 0 aliphatic rings. The summed E-state index contributed by atoms with van der Waals surface area (Å²) in [5.74, 6) is 0. The van der Waals surface area contributed by atoms with Crippen LogP contribution in [0.15, 0.2) is 18.5 Å². The van der Waals surface area contributed by atoms with Crippen molar-refractivity contribution in [2.45, 2.75) is 26.3 Å². The highest BCUT2D eigenvalue weighted by molar-refractivity contribution is 6.31. The quantitative estimate of drug-likeness (QED) is 0.736. The van der Waals surface area contributed by atoms with Gasteiger partial charge in [-0.2, -0.15) is 0 Å². The molecule has 1 heterocycles. The first-order valence-electron chi connectivity index (χ1n) is 4.63. The summed E-state index contributed by atoms with van der Waals surface area (Å²) >= 11 is 5.93. The van der Waals surface area contributed by atoms with Crippen molar-refractivity contribution in [3.63, 3.8) is 0 Å². The van der Waals surface area contributed by atoms with E-state index in [1.165, 1.54) is 12.8 Å². The van der Waals surface area contributed by atoms with Crippen LogP contribution in [-0.4, -0.2) is 11.5 Å². The van der Waals surface area contributed by atoms with Crippen LogP contribution >= 0.6 is 11.6 Å². The third-order valence-electron chi connectivity index (χ3n) is 1.88. The number of halogens is 1. The highest BCUT2D eigenvalue weighted by Crippen LogP contribution is 2.12. The highest BCUT2D eigenvalue weighted by Gasteiger charge is 1.97. The molecule has 3 heteroatoms. The van der Waals surface area contributed by atoms with E-state index in [4.69, 9.17) is 11.6 Å². The maximum absolute atomic E-state index is 5.93. The van der Waals surface area contributed by atoms with Gasteiger partial charge in [0.15, 0.2) is 0 Å². The standard InChI is InChI=1S/C10H15ClN2/c1-2-3-5-12-7-9-4-6-13-8-10(9)11/h4,6,8,12H,2-3,5,7H2,1H3. The molecule has 0 unspecified atom stereocenters. The van der Waals surface area contributed by atoms with Crippen molar-refractivity contribution in [2.75, 3.05) is 6.54 Å². The second kappa shape index (κ2) is 5.95. The Morgan fingerprint density at radius 3 is 3.08 bits per heavy atom. The van der Waals surface area contributed by atoms with Crippen LogP contribution in [0, 0.1) is 0 Å². The summed E-state index contributed by atoms with van der Waals surface area (Å²) in [6.07, 6.45) is 5.88. The molecule has 0 radical (unpaired) electrons. The van der Waals surface area contributed by atoms with Crippen LogP contribution in [0.25, 0.3) is 0 Å². The molecule has 0 fully saturated rings. The molecule has 2 nitrogen and oxygen atoms in total. The van der Waals surface area contributed by atoms with Crippen LogP contribution in [-0.2, 0) is 6.54 Å². The van der Waals surface area contributed by atoms with Crippen molar-refractivity contribution >= 4 is 11.6 Å². The molecule has 0 bridgehead atoms. The van der Waals surface area contributed by atoms with Crippen LogP contribution in [0.3, 0.4) is 0 Å².